The molecule has 5 heteroatoms. The quantitative estimate of drug-likeness (QED) is 0.758. The normalized spacial score (nSPS) is 12.4. The SMILES string of the molecule is CCOc1ccc(C(NC)c2csc(Br)c2)c(Br)c1. The zero-order valence-electron chi connectivity index (χ0n) is 10.7. The Kier molecular flexibility index (Phi) is 5.45. The highest BCUT2D eigenvalue weighted by Crippen LogP contribution is 2.34. The van der Waals surface area contributed by atoms with Crippen molar-refractivity contribution in [2.75, 3.05) is 13.7 Å². The van der Waals surface area contributed by atoms with Crippen LogP contribution in [0.3, 0.4) is 0 Å². The van der Waals surface area contributed by atoms with Crippen LogP contribution >= 0.6 is 43.2 Å². The zero-order chi connectivity index (χ0) is 13.8. The summed E-state index contributed by atoms with van der Waals surface area (Å²) < 4.78 is 7.71. The predicted molar refractivity (Wildman–Crippen MR) is 88.2 cm³/mol. The van der Waals surface area contributed by atoms with Crippen molar-refractivity contribution in [3.05, 3.63) is 49.0 Å². The fourth-order valence-corrected chi connectivity index (χ4v) is 3.76. The van der Waals surface area contributed by atoms with E-state index in [4.69, 9.17) is 4.74 Å². The average Bonchev–Trinajstić information content (AvgIpc) is 2.80. The van der Waals surface area contributed by atoms with Crippen LogP contribution < -0.4 is 10.1 Å². The molecule has 0 amide bonds. The first kappa shape index (κ1) is 15.0. The molecule has 0 aliphatic carbocycles. The number of nitrogens with one attached hydrogen (secondary N) is 1. The molecule has 0 spiro atoms. The molecule has 102 valence electrons. The summed E-state index contributed by atoms with van der Waals surface area (Å²) >= 11 is 8.84. The first-order chi connectivity index (χ1) is 9.15. The Bertz CT molecular complexity index is 556. The second-order valence-electron chi connectivity index (χ2n) is 4.02. The van der Waals surface area contributed by atoms with Crippen LogP contribution in [-0.2, 0) is 0 Å². The van der Waals surface area contributed by atoms with E-state index in [2.05, 4.69) is 54.7 Å². The largest absolute Gasteiger partial charge is 0.494 e. The second-order valence-corrected chi connectivity index (χ2v) is 7.17. The maximum Gasteiger partial charge on any atom is 0.120 e. The van der Waals surface area contributed by atoms with E-state index < -0.39 is 0 Å². The van der Waals surface area contributed by atoms with Gasteiger partial charge < -0.3 is 10.1 Å². The molecule has 0 aliphatic heterocycles. The molecule has 1 unspecified atom stereocenters. The van der Waals surface area contributed by atoms with Crippen LogP contribution in [0.1, 0.15) is 24.1 Å². The van der Waals surface area contributed by atoms with Gasteiger partial charge in [-0.3, -0.25) is 0 Å². The van der Waals surface area contributed by atoms with Crippen molar-refractivity contribution in [1.29, 1.82) is 0 Å². The Hall–Kier alpha value is -0.360. The van der Waals surface area contributed by atoms with E-state index in [9.17, 15) is 0 Å². The topological polar surface area (TPSA) is 21.3 Å². The van der Waals surface area contributed by atoms with Crippen LogP contribution in [0.5, 0.6) is 5.75 Å². The van der Waals surface area contributed by atoms with Gasteiger partial charge in [0.05, 0.1) is 16.4 Å². The summed E-state index contributed by atoms with van der Waals surface area (Å²) in [6.45, 7) is 2.67. The third-order valence-electron chi connectivity index (χ3n) is 2.80. The summed E-state index contributed by atoms with van der Waals surface area (Å²) in [5.74, 6) is 0.888. The maximum absolute atomic E-state index is 5.51. The molecule has 1 aromatic heterocycles. The number of thiophene rings is 1. The molecule has 2 aromatic rings. The Morgan fingerprint density at radius 1 is 1.32 bits per heavy atom. The first-order valence-electron chi connectivity index (χ1n) is 5.99. The van der Waals surface area contributed by atoms with Gasteiger partial charge in [-0.15, -0.1) is 11.3 Å². The van der Waals surface area contributed by atoms with E-state index in [-0.39, 0.29) is 6.04 Å². The van der Waals surface area contributed by atoms with E-state index in [1.807, 2.05) is 26.1 Å². The fourth-order valence-electron chi connectivity index (χ4n) is 1.97. The van der Waals surface area contributed by atoms with Crippen LogP contribution in [-0.4, -0.2) is 13.7 Å². The van der Waals surface area contributed by atoms with Crippen molar-refractivity contribution in [3.8, 4) is 5.75 Å². The molecule has 2 rings (SSSR count). The molecule has 1 aromatic carbocycles. The Morgan fingerprint density at radius 2 is 2.11 bits per heavy atom. The molecule has 19 heavy (non-hydrogen) atoms. The van der Waals surface area contributed by atoms with Crippen molar-refractivity contribution >= 4 is 43.2 Å². The van der Waals surface area contributed by atoms with Crippen LogP contribution in [0, 0.1) is 0 Å². The summed E-state index contributed by atoms with van der Waals surface area (Å²) in [7, 11) is 1.97. The van der Waals surface area contributed by atoms with Crippen LogP contribution in [0.15, 0.2) is 37.9 Å². The van der Waals surface area contributed by atoms with Gasteiger partial charge in [0, 0.05) is 4.47 Å². The number of hydrogen-bond acceptors (Lipinski definition) is 3. The maximum atomic E-state index is 5.51. The van der Waals surface area contributed by atoms with E-state index >= 15 is 0 Å². The molecule has 0 saturated carbocycles. The van der Waals surface area contributed by atoms with Gasteiger partial charge in [0.2, 0.25) is 0 Å². The van der Waals surface area contributed by atoms with Crippen LogP contribution in [0.4, 0.5) is 0 Å². The molecule has 0 aliphatic rings. The molecule has 2 nitrogen and oxygen atoms in total. The Labute approximate surface area is 134 Å². The average molecular weight is 405 g/mol. The highest BCUT2D eigenvalue weighted by Gasteiger charge is 2.16. The van der Waals surface area contributed by atoms with E-state index in [0.717, 1.165) is 14.0 Å². The lowest BCUT2D eigenvalue weighted by Crippen LogP contribution is -2.17. The number of ether oxygens (including phenoxy) is 1. The summed E-state index contributed by atoms with van der Waals surface area (Å²) in [6.07, 6.45) is 0. The molecular weight excluding hydrogens is 390 g/mol. The number of halogens is 2. The molecule has 0 radical (unpaired) electrons. The summed E-state index contributed by atoms with van der Waals surface area (Å²) in [6, 6.07) is 8.45. The molecule has 1 heterocycles. The van der Waals surface area contributed by atoms with Gasteiger partial charge in [-0.1, -0.05) is 22.0 Å². The smallest absolute Gasteiger partial charge is 0.120 e. The van der Waals surface area contributed by atoms with Gasteiger partial charge in [0.15, 0.2) is 0 Å². The van der Waals surface area contributed by atoms with E-state index in [1.165, 1.54) is 11.1 Å². The monoisotopic (exact) mass is 403 g/mol. The van der Waals surface area contributed by atoms with Crippen molar-refractivity contribution in [3.63, 3.8) is 0 Å². The highest BCUT2D eigenvalue weighted by molar-refractivity contribution is 9.11. The molecular formula is C14H15Br2NOS. The molecule has 0 fully saturated rings. The third kappa shape index (κ3) is 3.60. The molecule has 0 bridgehead atoms. The van der Waals surface area contributed by atoms with Gasteiger partial charge >= 0.3 is 0 Å². The summed E-state index contributed by atoms with van der Waals surface area (Å²) in [5.41, 5.74) is 2.46. The van der Waals surface area contributed by atoms with Crippen LogP contribution in [0.25, 0.3) is 0 Å². The van der Waals surface area contributed by atoms with Crippen molar-refractivity contribution in [1.82, 2.24) is 5.32 Å². The van der Waals surface area contributed by atoms with E-state index in [1.54, 1.807) is 11.3 Å². The highest BCUT2D eigenvalue weighted by atomic mass is 79.9. The molecule has 1 atom stereocenters. The van der Waals surface area contributed by atoms with Gasteiger partial charge in [-0.05, 0) is 64.6 Å². The summed E-state index contributed by atoms with van der Waals surface area (Å²) in [5, 5.41) is 5.52. The Morgan fingerprint density at radius 3 is 2.63 bits per heavy atom. The minimum atomic E-state index is 0.174. The van der Waals surface area contributed by atoms with Gasteiger partial charge in [-0.25, -0.2) is 0 Å². The number of benzene rings is 1. The Balaban J connectivity index is 2.33. The van der Waals surface area contributed by atoms with Crippen LogP contribution in [0.2, 0.25) is 0 Å². The molecule has 1 N–H and O–H groups in total. The van der Waals surface area contributed by atoms with Gasteiger partial charge in [0.1, 0.15) is 5.75 Å². The summed E-state index contributed by atoms with van der Waals surface area (Å²) in [4.78, 5) is 0. The minimum absolute atomic E-state index is 0.174. The number of hydrogen-bond donors (Lipinski definition) is 1. The fraction of sp³-hybridized carbons (Fsp3) is 0.286. The van der Waals surface area contributed by atoms with Crippen molar-refractivity contribution in [2.24, 2.45) is 0 Å². The van der Waals surface area contributed by atoms with Crippen molar-refractivity contribution in [2.45, 2.75) is 13.0 Å². The minimum Gasteiger partial charge on any atom is -0.494 e. The third-order valence-corrected chi connectivity index (χ3v) is 5.01. The molecule has 0 saturated heterocycles. The van der Waals surface area contributed by atoms with Gasteiger partial charge in [-0.2, -0.15) is 0 Å². The van der Waals surface area contributed by atoms with E-state index in [0.29, 0.717) is 6.61 Å². The van der Waals surface area contributed by atoms with Crippen molar-refractivity contribution < 1.29 is 4.74 Å². The lowest BCUT2D eigenvalue weighted by Gasteiger charge is -2.18. The lowest BCUT2D eigenvalue weighted by molar-refractivity contribution is 0.340. The van der Waals surface area contributed by atoms with Gasteiger partial charge in [0.25, 0.3) is 0 Å². The number of rotatable bonds is 5. The first-order valence-corrected chi connectivity index (χ1v) is 8.45. The lowest BCUT2D eigenvalue weighted by atomic mass is 10.0. The predicted octanol–water partition coefficient (Wildman–Crippen LogP) is 4.98. The zero-order valence-corrected chi connectivity index (χ0v) is 14.7. The standard InChI is InChI=1S/C14H15Br2NOS/c1-3-18-10-4-5-11(12(15)7-10)14(17-2)9-6-13(16)19-8-9/h4-8,14,17H,3H2,1-2H3. The second kappa shape index (κ2) is 6.88.